The molecule has 1 saturated heterocycles. The molecule has 0 spiro atoms. The zero-order valence-electron chi connectivity index (χ0n) is 42.4. The third-order valence-electron chi connectivity index (χ3n) is 13.4. The minimum Gasteiger partial charge on any atom is -0.444 e. The van der Waals surface area contributed by atoms with Crippen LogP contribution in [0.25, 0.3) is 11.4 Å². The monoisotopic (exact) mass is 1020 g/mol. The van der Waals surface area contributed by atoms with Gasteiger partial charge in [0.1, 0.15) is 11.6 Å². The summed E-state index contributed by atoms with van der Waals surface area (Å²) in [7, 11) is 0. The zero-order valence-corrected chi connectivity index (χ0v) is 42.4. The Morgan fingerprint density at radius 3 is 1.80 bits per heavy atom. The van der Waals surface area contributed by atoms with Gasteiger partial charge < -0.3 is 30.8 Å². The standard InChI is InChI=1S/C29H38N4O5.C27H28F3N3O3/c1-19(25(34)15-12-20-10-13-22(14-11-20)26(30)32-37)31-27(35)24-18-23(21-8-6-5-7-9-21)16-17-33(24)28(36)38-29(2,3)4;1-17(31-25(35)22-9-5-8-21(16-22)19-6-3-2-4-7-19)23(34)15-12-18-10-13-20(14-11-18)24-32-26(36-33-24)27(28,29)30/h5-11,13-14,19,23-24,37H,12,15-18H2,1-4H3,(H2,30,32)(H,31,35);2-4,6-7,10-11,13-14,17,21-22H,5,8-9,12,15-16H2,1H3,(H,31,35)/t19-,23-,24+;17-,21-,22+/m00/s1. The minimum absolute atomic E-state index is 0.0154. The topological polar surface area (TPSA) is 219 Å². The number of nitrogens with one attached hydrogen (secondary N) is 2. The van der Waals surface area contributed by atoms with Gasteiger partial charge in [0.2, 0.25) is 17.6 Å². The summed E-state index contributed by atoms with van der Waals surface area (Å²) >= 11 is 0. The second-order valence-corrected chi connectivity index (χ2v) is 20.0. The summed E-state index contributed by atoms with van der Waals surface area (Å²) in [5, 5.41) is 20.9. The van der Waals surface area contributed by atoms with E-state index in [0.29, 0.717) is 42.9 Å². The molecular weight excluding hydrogens is 956 g/mol. The molecule has 0 bridgehead atoms. The molecule has 2 fully saturated rings. The fourth-order valence-electron chi connectivity index (χ4n) is 9.18. The van der Waals surface area contributed by atoms with Crippen molar-refractivity contribution in [3.05, 3.63) is 143 Å². The number of carbonyl (C=O) groups excluding carboxylic acids is 5. The van der Waals surface area contributed by atoms with Crippen molar-refractivity contribution < 1.29 is 51.6 Å². The summed E-state index contributed by atoms with van der Waals surface area (Å²) in [5.74, 6) is -1.78. The molecule has 394 valence electrons. The maximum absolute atomic E-state index is 13.4. The van der Waals surface area contributed by atoms with Crippen LogP contribution in [0.1, 0.15) is 132 Å². The number of Topliss-reactive ketones (excluding diaryl/α,β-unsaturated/α-hetero) is 2. The number of piperidine rings is 1. The van der Waals surface area contributed by atoms with Gasteiger partial charge in [-0.15, -0.1) is 0 Å². The average Bonchev–Trinajstić information content (AvgIpc) is 3.91. The molecular formula is C56H66F3N7O8. The summed E-state index contributed by atoms with van der Waals surface area (Å²) in [6.07, 6.45) is 0.999. The number of ketones is 2. The fourth-order valence-corrected chi connectivity index (χ4v) is 9.18. The number of hydrogen-bond donors (Lipinski definition) is 4. The van der Waals surface area contributed by atoms with Crippen molar-refractivity contribution in [2.45, 2.75) is 141 Å². The molecule has 1 aliphatic carbocycles. The highest BCUT2D eigenvalue weighted by Crippen LogP contribution is 2.37. The average molecular weight is 1020 g/mol. The molecule has 1 aromatic heterocycles. The molecule has 74 heavy (non-hydrogen) atoms. The first-order valence-electron chi connectivity index (χ1n) is 25.0. The molecule has 4 aromatic carbocycles. The van der Waals surface area contributed by atoms with Crippen LogP contribution in [0.5, 0.6) is 0 Å². The quantitative estimate of drug-likeness (QED) is 0.0315. The lowest BCUT2D eigenvalue weighted by atomic mass is 9.77. The summed E-state index contributed by atoms with van der Waals surface area (Å²) < 4.78 is 47.8. The number of halogens is 3. The van der Waals surface area contributed by atoms with Crippen LogP contribution in [0.2, 0.25) is 0 Å². The van der Waals surface area contributed by atoms with Gasteiger partial charge in [0.05, 0.1) is 12.1 Å². The maximum atomic E-state index is 13.4. The van der Waals surface area contributed by atoms with Crippen molar-refractivity contribution in [2.24, 2.45) is 16.8 Å². The first-order chi connectivity index (χ1) is 35.2. The molecule has 0 unspecified atom stereocenters. The van der Waals surface area contributed by atoms with Crippen LogP contribution in [0.3, 0.4) is 0 Å². The number of ether oxygens (including phenoxy) is 1. The molecule has 6 atom stereocenters. The molecule has 3 amide bonds. The maximum Gasteiger partial charge on any atom is 0.471 e. The number of nitrogens with zero attached hydrogens (tertiary/aromatic N) is 4. The van der Waals surface area contributed by atoms with Crippen LogP contribution < -0.4 is 16.4 Å². The predicted molar refractivity (Wildman–Crippen MR) is 272 cm³/mol. The van der Waals surface area contributed by atoms with Crippen molar-refractivity contribution in [3.63, 3.8) is 0 Å². The first kappa shape index (κ1) is 55.9. The van der Waals surface area contributed by atoms with Crippen LogP contribution in [-0.2, 0) is 42.9 Å². The van der Waals surface area contributed by atoms with Crippen molar-refractivity contribution in [3.8, 4) is 11.4 Å². The number of likely N-dealkylation sites (tertiary alicyclic amines) is 1. The number of nitrogens with two attached hydrogens (primary N) is 1. The van der Waals surface area contributed by atoms with Gasteiger partial charge in [-0.1, -0.05) is 126 Å². The van der Waals surface area contributed by atoms with Gasteiger partial charge >= 0.3 is 18.2 Å². The Bertz CT molecular complexity index is 2690. The molecule has 15 nitrogen and oxygen atoms in total. The van der Waals surface area contributed by atoms with Gasteiger partial charge in [0, 0.05) is 36.4 Å². The summed E-state index contributed by atoms with van der Waals surface area (Å²) in [4.78, 5) is 69.6. The van der Waals surface area contributed by atoms with Gasteiger partial charge in [0.15, 0.2) is 17.4 Å². The van der Waals surface area contributed by atoms with Gasteiger partial charge in [-0.2, -0.15) is 18.2 Å². The van der Waals surface area contributed by atoms with E-state index in [9.17, 15) is 37.1 Å². The van der Waals surface area contributed by atoms with E-state index in [1.165, 1.54) is 10.5 Å². The molecule has 5 aromatic rings. The summed E-state index contributed by atoms with van der Waals surface area (Å²) in [5.41, 5.74) is 9.99. The van der Waals surface area contributed by atoms with Crippen LogP contribution >= 0.6 is 0 Å². The van der Waals surface area contributed by atoms with E-state index < -0.39 is 41.9 Å². The van der Waals surface area contributed by atoms with Crippen molar-refractivity contribution >= 4 is 35.3 Å². The highest BCUT2D eigenvalue weighted by molar-refractivity contribution is 5.97. The highest BCUT2D eigenvalue weighted by atomic mass is 19.4. The van der Waals surface area contributed by atoms with E-state index in [0.717, 1.165) is 48.8 Å². The molecule has 18 heteroatoms. The van der Waals surface area contributed by atoms with Crippen LogP contribution in [0.4, 0.5) is 18.0 Å². The lowest BCUT2D eigenvalue weighted by molar-refractivity contribution is -0.159. The van der Waals surface area contributed by atoms with E-state index in [-0.39, 0.29) is 59.7 Å². The normalized spacial score (nSPS) is 19.0. The van der Waals surface area contributed by atoms with E-state index in [1.807, 2.05) is 60.7 Å². The molecule has 5 N–H and O–H groups in total. The van der Waals surface area contributed by atoms with Gasteiger partial charge in [-0.3, -0.25) is 24.1 Å². The number of aryl methyl sites for hydroxylation is 2. The number of hydrogen-bond acceptors (Lipinski definition) is 11. The number of rotatable bonds is 16. The molecule has 0 radical (unpaired) electrons. The number of benzene rings is 4. The Labute approximate surface area is 429 Å². The number of carbonyl (C=O) groups is 5. The van der Waals surface area contributed by atoms with Crippen LogP contribution in [0, 0.1) is 5.92 Å². The summed E-state index contributed by atoms with van der Waals surface area (Å²) in [6.45, 7) is 9.13. The van der Waals surface area contributed by atoms with Crippen LogP contribution in [0.15, 0.2) is 119 Å². The minimum atomic E-state index is -4.70. The molecule has 1 saturated carbocycles. The second-order valence-electron chi connectivity index (χ2n) is 20.0. The zero-order chi connectivity index (χ0) is 53.6. The molecule has 2 aliphatic rings. The predicted octanol–water partition coefficient (Wildman–Crippen LogP) is 9.71. The number of alkyl halides is 3. The SMILES string of the molecule is C[C@H](NC(=O)[C@@H]1CCC[C@H](c2ccccc2)C1)C(=O)CCc1ccc(-c2noc(C(F)(F)F)n2)cc1.C[C@H](NC(=O)[C@H]1C[C@@H](c2ccccc2)CCN1C(=O)OC(C)(C)C)C(=O)CCc1ccc(/C(N)=N/O)cc1. The first-order valence-corrected chi connectivity index (χ1v) is 25.0. The van der Waals surface area contributed by atoms with Gasteiger partial charge in [0.25, 0.3) is 0 Å². The molecule has 7 rings (SSSR count). The summed E-state index contributed by atoms with van der Waals surface area (Å²) in [6, 6.07) is 31.8. The highest BCUT2D eigenvalue weighted by Gasteiger charge is 2.40. The van der Waals surface area contributed by atoms with E-state index in [2.05, 4.69) is 42.6 Å². The number of aromatic nitrogens is 2. The van der Waals surface area contributed by atoms with Gasteiger partial charge in [-0.05, 0) is 114 Å². The van der Waals surface area contributed by atoms with Crippen molar-refractivity contribution in [1.82, 2.24) is 25.7 Å². The van der Waals surface area contributed by atoms with Crippen molar-refractivity contribution in [2.75, 3.05) is 6.54 Å². The molecule has 2 heterocycles. The van der Waals surface area contributed by atoms with Crippen LogP contribution in [-0.4, -0.2) is 85.8 Å². The fraction of sp³-hybridized carbons (Fsp3) is 0.429. The lowest BCUT2D eigenvalue weighted by Crippen LogP contribution is -2.56. The number of amides is 3. The Morgan fingerprint density at radius 1 is 0.757 bits per heavy atom. The number of oxime groups is 1. The Balaban J connectivity index is 0.000000241. The Hall–Kier alpha value is -7.37. The number of amidine groups is 1. The smallest absolute Gasteiger partial charge is 0.444 e. The van der Waals surface area contributed by atoms with E-state index in [4.69, 9.17) is 15.7 Å². The lowest BCUT2D eigenvalue weighted by Gasteiger charge is -2.39. The van der Waals surface area contributed by atoms with Crippen molar-refractivity contribution in [1.29, 1.82) is 0 Å². The van der Waals surface area contributed by atoms with E-state index in [1.54, 1.807) is 71.0 Å². The Kier molecular flexibility index (Phi) is 19.3. The third-order valence-corrected chi connectivity index (χ3v) is 13.4. The molecule has 1 aliphatic heterocycles. The third kappa shape index (κ3) is 16.1. The largest absolute Gasteiger partial charge is 0.471 e. The second kappa shape index (κ2) is 25.5. The Morgan fingerprint density at radius 2 is 1.28 bits per heavy atom. The van der Waals surface area contributed by atoms with Gasteiger partial charge in [-0.25, -0.2) is 4.79 Å². The van der Waals surface area contributed by atoms with E-state index >= 15 is 0 Å².